The molecule has 0 aromatic heterocycles. The summed E-state index contributed by atoms with van der Waals surface area (Å²) >= 11 is 0. The minimum absolute atomic E-state index is 0.147. The Kier molecular flexibility index (Phi) is 3.49. The van der Waals surface area contributed by atoms with Gasteiger partial charge in [-0.15, -0.1) is 0 Å². The van der Waals surface area contributed by atoms with E-state index in [0.717, 1.165) is 12.8 Å². The van der Waals surface area contributed by atoms with Gasteiger partial charge in [0.15, 0.2) is 0 Å². The summed E-state index contributed by atoms with van der Waals surface area (Å²) in [4.78, 5) is 15.6. The predicted octanol–water partition coefficient (Wildman–Crippen LogP) is 0.608. The summed E-state index contributed by atoms with van der Waals surface area (Å²) < 4.78 is 4.53. The molecule has 1 rings (SSSR count). The molecule has 0 bridgehead atoms. The van der Waals surface area contributed by atoms with Gasteiger partial charge in [0.2, 0.25) is 0 Å². The van der Waals surface area contributed by atoms with Crippen molar-refractivity contribution in [1.29, 1.82) is 0 Å². The molecular formula is C8H15NO3. The third-order valence-electron chi connectivity index (χ3n) is 2.45. The van der Waals surface area contributed by atoms with Crippen molar-refractivity contribution in [3.63, 3.8) is 0 Å². The van der Waals surface area contributed by atoms with Crippen LogP contribution < -0.4 is 5.90 Å². The quantitative estimate of drug-likeness (QED) is 0.499. The average molecular weight is 173 g/mol. The Morgan fingerprint density at radius 3 is 2.67 bits per heavy atom. The molecule has 1 saturated carbocycles. The highest BCUT2D eigenvalue weighted by Gasteiger charge is 2.29. The largest absolute Gasteiger partial charge is 0.469 e. The third-order valence-corrected chi connectivity index (χ3v) is 2.45. The van der Waals surface area contributed by atoms with Crippen molar-refractivity contribution >= 4 is 5.97 Å². The molecule has 1 unspecified atom stereocenters. The van der Waals surface area contributed by atoms with Crippen LogP contribution in [0.5, 0.6) is 0 Å². The van der Waals surface area contributed by atoms with Crippen LogP contribution in [0.3, 0.4) is 0 Å². The molecule has 0 saturated heterocycles. The zero-order valence-electron chi connectivity index (χ0n) is 7.29. The first-order valence-electron chi connectivity index (χ1n) is 4.20. The molecule has 0 amide bonds. The van der Waals surface area contributed by atoms with Gasteiger partial charge in [-0.05, 0) is 18.8 Å². The first kappa shape index (κ1) is 9.48. The van der Waals surface area contributed by atoms with Crippen LogP contribution >= 0.6 is 0 Å². The summed E-state index contributed by atoms with van der Waals surface area (Å²) in [6.07, 6.45) is 3.56. The molecule has 70 valence electrons. The van der Waals surface area contributed by atoms with Gasteiger partial charge in [-0.25, -0.2) is 5.90 Å². The summed E-state index contributed by atoms with van der Waals surface area (Å²) in [5, 5.41) is 0. The Labute approximate surface area is 72.0 Å². The lowest BCUT2D eigenvalue weighted by Gasteiger charge is -2.31. The molecule has 0 aromatic carbocycles. The number of methoxy groups -OCH3 is 1. The Hall–Kier alpha value is -0.610. The van der Waals surface area contributed by atoms with Crippen LogP contribution in [0.25, 0.3) is 0 Å². The van der Waals surface area contributed by atoms with Crippen LogP contribution in [0.2, 0.25) is 0 Å². The van der Waals surface area contributed by atoms with E-state index in [4.69, 9.17) is 10.7 Å². The normalized spacial score (nSPS) is 19.8. The number of carbonyl (C=O) groups excluding carboxylic acids is 1. The highest BCUT2D eigenvalue weighted by molar-refractivity contribution is 5.69. The van der Waals surface area contributed by atoms with Gasteiger partial charge in [0, 0.05) is 0 Å². The predicted molar refractivity (Wildman–Crippen MR) is 43.0 cm³/mol. The van der Waals surface area contributed by atoms with Gasteiger partial charge in [0.05, 0.1) is 19.6 Å². The van der Waals surface area contributed by atoms with E-state index in [1.807, 2.05) is 0 Å². The van der Waals surface area contributed by atoms with E-state index in [0.29, 0.717) is 5.92 Å². The molecular weight excluding hydrogens is 158 g/mol. The molecule has 0 spiro atoms. The highest BCUT2D eigenvalue weighted by atomic mass is 16.6. The van der Waals surface area contributed by atoms with E-state index in [1.54, 1.807) is 0 Å². The van der Waals surface area contributed by atoms with Crippen molar-refractivity contribution in [3.8, 4) is 0 Å². The fraction of sp³-hybridized carbons (Fsp3) is 0.875. The smallest absolute Gasteiger partial charge is 0.308 e. The average Bonchev–Trinajstić information content (AvgIpc) is 1.99. The van der Waals surface area contributed by atoms with Crippen molar-refractivity contribution in [2.75, 3.05) is 7.11 Å². The fourth-order valence-electron chi connectivity index (χ4n) is 1.39. The van der Waals surface area contributed by atoms with Gasteiger partial charge >= 0.3 is 5.97 Å². The number of ether oxygens (including phenoxy) is 1. The van der Waals surface area contributed by atoms with Crippen LogP contribution in [0.1, 0.15) is 25.7 Å². The number of rotatable bonds is 4. The van der Waals surface area contributed by atoms with Crippen LogP contribution in [-0.4, -0.2) is 19.2 Å². The van der Waals surface area contributed by atoms with E-state index in [2.05, 4.69) is 4.74 Å². The van der Waals surface area contributed by atoms with Crippen molar-refractivity contribution in [1.82, 2.24) is 0 Å². The van der Waals surface area contributed by atoms with Crippen molar-refractivity contribution in [3.05, 3.63) is 0 Å². The summed E-state index contributed by atoms with van der Waals surface area (Å²) in [5.74, 6) is 5.28. The van der Waals surface area contributed by atoms with Crippen molar-refractivity contribution in [2.45, 2.75) is 31.8 Å². The van der Waals surface area contributed by atoms with Crippen molar-refractivity contribution < 1.29 is 14.4 Å². The molecule has 2 N–H and O–H groups in total. The molecule has 4 heteroatoms. The lowest BCUT2D eigenvalue weighted by molar-refractivity contribution is -0.146. The lowest BCUT2D eigenvalue weighted by atomic mass is 9.80. The van der Waals surface area contributed by atoms with Gasteiger partial charge < -0.3 is 9.57 Å². The standard InChI is InChI=1S/C8H15NO3/c1-11-8(10)5-7(12-9)6-3-2-4-6/h6-7H,2-5,9H2,1H3. The summed E-state index contributed by atoms with van der Waals surface area (Å²) in [6, 6.07) is 0. The zero-order chi connectivity index (χ0) is 8.97. The number of esters is 1. The molecule has 0 aromatic rings. The van der Waals surface area contributed by atoms with Gasteiger partial charge in [-0.2, -0.15) is 0 Å². The first-order valence-corrected chi connectivity index (χ1v) is 4.20. The molecule has 0 heterocycles. The molecule has 1 atom stereocenters. The maximum absolute atomic E-state index is 10.9. The minimum Gasteiger partial charge on any atom is -0.469 e. The van der Waals surface area contributed by atoms with Gasteiger partial charge in [0.1, 0.15) is 0 Å². The maximum atomic E-state index is 10.9. The minimum atomic E-state index is -0.252. The SMILES string of the molecule is COC(=O)CC(ON)C1CCC1. The van der Waals surface area contributed by atoms with E-state index in [-0.39, 0.29) is 18.5 Å². The van der Waals surface area contributed by atoms with Gasteiger partial charge in [0.25, 0.3) is 0 Å². The molecule has 4 nitrogen and oxygen atoms in total. The van der Waals surface area contributed by atoms with E-state index in [1.165, 1.54) is 13.5 Å². The number of carbonyl (C=O) groups is 1. The second-order valence-corrected chi connectivity index (χ2v) is 3.15. The molecule has 12 heavy (non-hydrogen) atoms. The molecule has 1 aliphatic rings. The van der Waals surface area contributed by atoms with Crippen LogP contribution in [0.15, 0.2) is 0 Å². The number of nitrogens with two attached hydrogens (primary N) is 1. The van der Waals surface area contributed by atoms with E-state index >= 15 is 0 Å². The second-order valence-electron chi connectivity index (χ2n) is 3.15. The van der Waals surface area contributed by atoms with E-state index < -0.39 is 0 Å². The Morgan fingerprint density at radius 1 is 1.67 bits per heavy atom. The van der Waals surface area contributed by atoms with Gasteiger partial charge in [-0.3, -0.25) is 4.79 Å². The summed E-state index contributed by atoms with van der Waals surface area (Å²) in [6.45, 7) is 0. The third kappa shape index (κ3) is 2.19. The molecule has 0 radical (unpaired) electrons. The molecule has 0 aliphatic heterocycles. The number of hydrogen-bond acceptors (Lipinski definition) is 4. The maximum Gasteiger partial charge on any atom is 0.308 e. The Balaban J connectivity index is 2.29. The van der Waals surface area contributed by atoms with Crippen LogP contribution in [-0.2, 0) is 14.4 Å². The van der Waals surface area contributed by atoms with Gasteiger partial charge in [-0.1, -0.05) is 6.42 Å². The summed E-state index contributed by atoms with van der Waals surface area (Å²) in [7, 11) is 1.37. The second kappa shape index (κ2) is 4.42. The Morgan fingerprint density at radius 2 is 2.33 bits per heavy atom. The zero-order valence-corrected chi connectivity index (χ0v) is 7.29. The highest BCUT2D eigenvalue weighted by Crippen LogP contribution is 2.32. The van der Waals surface area contributed by atoms with Crippen molar-refractivity contribution in [2.24, 2.45) is 11.8 Å². The van der Waals surface area contributed by atoms with Crippen LogP contribution in [0, 0.1) is 5.92 Å². The molecule has 1 fully saturated rings. The first-order chi connectivity index (χ1) is 5.77. The fourth-order valence-corrected chi connectivity index (χ4v) is 1.39. The van der Waals surface area contributed by atoms with E-state index in [9.17, 15) is 4.79 Å². The topological polar surface area (TPSA) is 61.5 Å². The Bertz CT molecular complexity index is 156. The monoisotopic (exact) mass is 173 g/mol. The van der Waals surface area contributed by atoms with Crippen LogP contribution in [0.4, 0.5) is 0 Å². The lowest BCUT2D eigenvalue weighted by Crippen LogP contribution is -2.33. The molecule has 1 aliphatic carbocycles. The number of hydrogen-bond donors (Lipinski definition) is 1. The summed E-state index contributed by atoms with van der Waals surface area (Å²) in [5.41, 5.74) is 0.